The second-order valence-corrected chi connectivity index (χ2v) is 7.64. The highest BCUT2D eigenvalue weighted by molar-refractivity contribution is 5.39. The van der Waals surface area contributed by atoms with Gasteiger partial charge >= 0.3 is 0 Å². The molecule has 0 aromatic heterocycles. The molecular formula is C18H27NO2. The van der Waals surface area contributed by atoms with Crippen molar-refractivity contribution in [2.24, 2.45) is 5.73 Å². The lowest BCUT2D eigenvalue weighted by atomic mass is 9.88. The van der Waals surface area contributed by atoms with Crippen LogP contribution in [-0.4, -0.2) is 17.3 Å². The van der Waals surface area contributed by atoms with Crippen LogP contribution in [0.4, 0.5) is 0 Å². The molecule has 1 aromatic rings. The monoisotopic (exact) mass is 289 g/mol. The SMILES string of the molecule is CC1(C)CC(Oc2ccc3c(c2)CCCC3N)C(C)(C)O1. The molecule has 3 heteroatoms. The summed E-state index contributed by atoms with van der Waals surface area (Å²) < 4.78 is 12.4. The van der Waals surface area contributed by atoms with E-state index in [4.69, 9.17) is 15.2 Å². The highest BCUT2D eigenvalue weighted by Gasteiger charge is 2.47. The highest BCUT2D eigenvalue weighted by atomic mass is 16.6. The number of hydrogen-bond donors (Lipinski definition) is 1. The fourth-order valence-electron chi connectivity index (χ4n) is 3.76. The Labute approximate surface area is 127 Å². The summed E-state index contributed by atoms with van der Waals surface area (Å²) in [5.74, 6) is 0.947. The molecule has 0 saturated carbocycles. The highest BCUT2D eigenvalue weighted by Crippen LogP contribution is 2.40. The van der Waals surface area contributed by atoms with E-state index in [9.17, 15) is 0 Å². The maximum atomic E-state index is 6.26. The fraction of sp³-hybridized carbons (Fsp3) is 0.667. The van der Waals surface area contributed by atoms with Crippen molar-refractivity contribution < 1.29 is 9.47 Å². The minimum atomic E-state index is -0.254. The van der Waals surface area contributed by atoms with E-state index in [2.05, 4.69) is 45.9 Å². The third-order valence-corrected chi connectivity index (χ3v) is 4.75. The van der Waals surface area contributed by atoms with Crippen LogP contribution in [0.2, 0.25) is 0 Å². The van der Waals surface area contributed by atoms with Gasteiger partial charge in [-0.2, -0.15) is 0 Å². The van der Waals surface area contributed by atoms with E-state index in [1.807, 2.05) is 0 Å². The van der Waals surface area contributed by atoms with Gasteiger partial charge in [0.25, 0.3) is 0 Å². The first kappa shape index (κ1) is 14.9. The molecule has 1 heterocycles. The number of aryl methyl sites for hydroxylation is 1. The average molecular weight is 289 g/mol. The lowest BCUT2D eigenvalue weighted by molar-refractivity contribution is -0.0846. The second kappa shape index (κ2) is 4.99. The number of hydrogen-bond acceptors (Lipinski definition) is 3. The molecule has 2 N–H and O–H groups in total. The van der Waals surface area contributed by atoms with Crippen LogP contribution in [-0.2, 0) is 11.2 Å². The molecule has 2 unspecified atom stereocenters. The lowest BCUT2D eigenvalue weighted by Crippen LogP contribution is -2.36. The van der Waals surface area contributed by atoms with Crippen LogP contribution < -0.4 is 10.5 Å². The van der Waals surface area contributed by atoms with Crippen LogP contribution in [0.25, 0.3) is 0 Å². The van der Waals surface area contributed by atoms with Gasteiger partial charge in [0.15, 0.2) is 0 Å². The summed E-state index contributed by atoms with van der Waals surface area (Å²) in [5.41, 5.74) is 8.44. The minimum absolute atomic E-state index is 0.0859. The molecule has 3 nitrogen and oxygen atoms in total. The van der Waals surface area contributed by atoms with Crippen LogP contribution >= 0.6 is 0 Å². The number of benzene rings is 1. The van der Waals surface area contributed by atoms with E-state index in [1.54, 1.807) is 0 Å². The Morgan fingerprint density at radius 1 is 1.24 bits per heavy atom. The van der Waals surface area contributed by atoms with Crippen molar-refractivity contribution in [2.45, 2.75) is 76.7 Å². The van der Waals surface area contributed by atoms with Crippen molar-refractivity contribution in [1.29, 1.82) is 0 Å². The topological polar surface area (TPSA) is 44.5 Å². The molecule has 1 aliphatic heterocycles. The molecule has 21 heavy (non-hydrogen) atoms. The summed E-state index contributed by atoms with van der Waals surface area (Å²) in [6.07, 6.45) is 4.36. The van der Waals surface area contributed by atoms with Crippen LogP contribution in [0.5, 0.6) is 5.75 Å². The van der Waals surface area contributed by atoms with E-state index in [1.165, 1.54) is 17.5 Å². The maximum absolute atomic E-state index is 6.26. The molecule has 0 bridgehead atoms. The molecule has 116 valence electrons. The molecule has 0 spiro atoms. The smallest absolute Gasteiger partial charge is 0.130 e. The van der Waals surface area contributed by atoms with E-state index in [0.717, 1.165) is 25.0 Å². The third-order valence-electron chi connectivity index (χ3n) is 4.75. The maximum Gasteiger partial charge on any atom is 0.130 e. The summed E-state index contributed by atoms with van der Waals surface area (Å²) in [4.78, 5) is 0. The zero-order valence-electron chi connectivity index (χ0n) is 13.6. The Kier molecular flexibility index (Phi) is 3.53. The summed E-state index contributed by atoms with van der Waals surface area (Å²) in [6.45, 7) is 8.48. The molecule has 0 radical (unpaired) electrons. The molecule has 2 atom stereocenters. The zero-order chi connectivity index (χ0) is 15.3. The van der Waals surface area contributed by atoms with Gasteiger partial charge in [-0.05, 0) is 70.2 Å². The summed E-state index contributed by atoms with van der Waals surface area (Å²) >= 11 is 0. The molecule has 2 aliphatic rings. The number of nitrogens with two attached hydrogens (primary N) is 1. The van der Waals surface area contributed by atoms with Crippen molar-refractivity contribution in [3.05, 3.63) is 29.3 Å². The van der Waals surface area contributed by atoms with Crippen LogP contribution in [0.1, 0.15) is 64.1 Å². The van der Waals surface area contributed by atoms with Gasteiger partial charge in [-0.25, -0.2) is 0 Å². The Morgan fingerprint density at radius 3 is 2.67 bits per heavy atom. The van der Waals surface area contributed by atoms with Crippen molar-refractivity contribution in [1.82, 2.24) is 0 Å². The lowest BCUT2D eigenvalue weighted by Gasteiger charge is -2.28. The Balaban J connectivity index is 1.80. The van der Waals surface area contributed by atoms with E-state index >= 15 is 0 Å². The molecular weight excluding hydrogens is 262 g/mol. The van der Waals surface area contributed by atoms with Gasteiger partial charge < -0.3 is 15.2 Å². The fourth-order valence-corrected chi connectivity index (χ4v) is 3.76. The molecule has 1 saturated heterocycles. The van der Waals surface area contributed by atoms with E-state index < -0.39 is 0 Å². The van der Waals surface area contributed by atoms with Gasteiger partial charge in [-0.1, -0.05) is 6.07 Å². The number of ether oxygens (including phenoxy) is 2. The quantitative estimate of drug-likeness (QED) is 0.902. The van der Waals surface area contributed by atoms with Crippen LogP contribution in [0.15, 0.2) is 18.2 Å². The van der Waals surface area contributed by atoms with Gasteiger partial charge in [0.05, 0.1) is 5.60 Å². The standard InChI is InChI=1S/C18H27NO2/c1-17(2)11-16(18(3,4)21-17)20-13-8-9-14-12(10-13)6-5-7-15(14)19/h8-10,15-16H,5-7,11,19H2,1-4H3. The van der Waals surface area contributed by atoms with Gasteiger partial charge in [0.2, 0.25) is 0 Å². The van der Waals surface area contributed by atoms with E-state index in [-0.39, 0.29) is 23.3 Å². The number of rotatable bonds is 2. The van der Waals surface area contributed by atoms with Crippen LogP contribution in [0, 0.1) is 0 Å². The van der Waals surface area contributed by atoms with Crippen LogP contribution in [0.3, 0.4) is 0 Å². The predicted octanol–water partition coefficient (Wildman–Crippen LogP) is 3.75. The van der Waals surface area contributed by atoms with Gasteiger partial charge in [0, 0.05) is 12.5 Å². The van der Waals surface area contributed by atoms with Gasteiger partial charge in [0.1, 0.15) is 17.5 Å². The zero-order valence-corrected chi connectivity index (χ0v) is 13.6. The molecule has 1 fully saturated rings. The normalized spacial score (nSPS) is 30.0. The summed E-state index contributed by atoms with van der Waals surface area (Å²) in [5, 5.41) is 0. The Morgan fingerprint density at radius 2 is 2.00 bits per heavy atom. The van der Waals surface area contributed by atoms with E-state index in [0.29, 0.717) is 0 Å². The van der Waals surface area contributed by atoms with Crippen molar-refractivity contribution in [3.8, 4) is 5.75 Å². The van der Waals surface area contributed by atoms with Gasteiger partial charge in [-0.15, -0.1) is 0 Å². The number of fused-ring (bicyclic) bond motifs is 1. The largest absolute Gasteiger partial charge is 0.487 e. The summed E-state index contributed by atoms with van der Waals surface area (Å²) in [6, 6.07) is 6.57. The Hall–Kier alpha value is -1.06. The van der Waals surface area contributed by atoms with Gasteiger partial charge in [-0.3, -0.25) is 0 Å². The minimum Gasteiger partial charge on any atom is -0.487 e. The first-order chi connectivity index (χ1) is 9.77. The average Bonchev–Trinajstić information content (AvgIpc) is 2.57. The van der Waals surface area contributed by atoms with Crippen molar-refractivity contribution in [2.75, 3.05) is 0 Å². The Bertz CT molecular complexity index is 536. The predicted molar refractivity (Wildman–Crippen MR) is 84.6 cm³/mol. The molecule has 3 rings (SSSR count). The second-order valence-electron chi connectivity index (χ2n) is 7.64. The van der Waals surface area contributed by atoms with Crippen molar-refractivity contribution in [3.63, 3.8) is 0 Å². The molecule has 0 amide bonds. The first-order valence-corrected chi connectivity index (χ1v) is 8.02. The first-order valence-electron chi connectivity index (χ1n) is 8.02. The third kappa shape index (κ3) is 2.95. The molecule has 1 aliphatic carbocycles. The summed E-state index contributed by atoms with van der Waals surface area (Å²) in [7, 11) is 0. The molecule has 1 aromatic carbocycles. The van der Waals surface area contributed by atoms with Crippen molar-refractivity contribution >= 4 is 0 Å².